The second kappa shape index (κ2) is 7.70. The molecule has 0 radical (unpaired) electrons. The first-order valence-corrected chi connectivity index (χ1v) is 5.45. The summed E-state index contributed by atoms with van der Waals surface area (Å²) in [6.07, 6.45) is 2.82. The summed E-state index contributed by atoms with van der Waals surface area (Å²) in [4.78, 5) is 11.2. The van der Waals surface area contributed by atoms with Crippen LogP contribution in [0.1, 0.15) is 18.1 Å². The van der Waals surface area contributed by atoms with Crippen molar-refractivity contribution in [3.8, 4) is 0 Å². The fourth-order valence-electron chi connectivity index (χ4n) is 1.28. The summed E-state index contributed by atoms with van der Waals surface area (Å²) in [7, 11) is 1.57. The molecule has 0 aliphatic rings. The lowest BCUT2D eigenvalue weighted by molar-refractivity contribution is 0.165. The van der Waals surface area contributed by atoms with Crippen LogP contribution in [0.2, 0.25) is 0 Å². The van der Waals surface area contributed by atoms with Crippen molar-refractivity contribution in [2.45, 2.75) is 12.5 Å². The number of urea groups is 1. The molecule has 0 bridgehead atoms. The van der Waals surface area contributed by atoms with Crippen LogP contribution >= 0.6 is 0 Å². The molecule has 0 saturated carbocycles. The van der Waals surface area contributed by atoms with Crippen molar-refractivity contribution >= 4 is 6.03 Å². The molecule has 0 aliphatic heterocycles. The van der Waals surface area contributed by atoms with Crippen LogP contribution in [0.3, 0.4) is 0 Å². The Morgan fingerprint density at radius 1 is 1.53 bits per heavy atom. The minimum atomic E-state index is -0.618. The molecule has 3 N–H and O–H groups in total. The quantitative estimate of drug-likeness (QED) is 0.613. The molecule has 96 valence electrons. The third-order valence-electron chi connectivity index (χ3n) is 2.22. The second-order valence-corrected chi connectivity index (χ2v) is 3.54. The van der Waals surface area contributed by atoms with Gasteiger partial charge in [0.2, 0.25) is 0 Å². The number of furan rings is 1. The van der Waals surface area contributed by atoms with Crippen molar-refractivity contribution in [2.24, 2.45) is 0 Å². The Bertz CT molecular complexity index is 313. The lowest BCUT2D eigenvalue weighted by Crippen LogP contribution is -2.38. The predicted molar refractivity (Wildman–Crippen MR) is 61.6 cm³/mol. The molecule has 2 amide bonds. The molecule has 1 rings (SSSR count). The van der Waals surface area contributed by atoms with Crippen LogP contribution in [-0.4, -0.2) is 37.9 Å². The van der Waals surface area contributed by atoms with Crippen molar-refractivity contribution in [2.75, 3.05) is 26.8 Å². The lowest BCUT2D eigenvalue weighted by atomic mass is 10.1. The maximum absolute atomic E-state index is 11.2. The van der Waals surface area contributed by atoms with Gasteiger partial charge in [-0.3, -0.25) is 0 Å². The normalized spacial score (nSPS) is 12.1. The van der Waals surface area contributed by atoms with E-state index in [-0.39, 0.29) is 6.03 Å². The number of hydrogen-bond acceptors (Lipinski definition) is 4. The highest BCUT2D eigenvalue weighted by Crippen LogP contribution is 2.15. The van der Waals surface area contributed by atoms with Gasteiger partial charge in [-0.2, -0.15) is 0 Å². The summed E-state index contributed by atoms with van der Waals surface area (Å²) in [5.74, 6) is 0. The highest BCUT2D eigenvalue weighted by atomic mass is 16.5. The van der Waals surface area contributed by atoms with Gasteiger partial charge in [0, 0.05) is 25.8 Å². The second-order valence-electron chi connectivity index (χ2n) is 3.54. The van der Waals surface area contributed by atoms with Gasteiger partial charge < -0.3 is 24.9 Å². The number of methoxy groups -OCH3 is 1. The molecule has 1 atom stereocenters. The summed E-state index contributed by atoms with van der Waals surface area (Å²) in [5, 5.41) is 14.9. The van der Waals surface area contributed by atoms with Gasteiger partial charge in [-0.05, 0) is 12.5 Å². The molecule has 1 aromatic heterocycles. The Morgan fingerprint density at radius 3 is 2.94 bits per heavy atom. The van der Waals surface area contributed by atoms with Crippen LogP contribution in [0.5, 0.6) is 0 Å². The van der Waals surface area contributed by atoms with E-state index in [4.69, 9.17) is 9.15 Å². The molecule has 6 nitrogen and oxygen atoms in total. The molecule has 6 heteroatoms. The fourth-order valence-corrected chi connectivity index (χ4v) is 1.28. The molecule has 17 heavy (non-hydrogen) atoms. The Hall–Kier alpha value is -1.53. The largest absolute Gasteiger partial charge is 0.472 e. The standard InChI is InChI=1S/C11H18N2O4/c1-16-7-5-13-11(15)12-4-2-10(14)9-3-6-17-8-9/h3,6,8,10,14H,2,4-5,7H2,1H3,(H2,12,13,15). The summed E-state index contributed by atoms with van der Waals surface area (Å²) in [6.45, 7) is 1.34. The van der Waals surface area contributed by atoms with E-state index in [9.17, 15) is 9.90 Å². The van der Waals surface area contributed by atoms with Gasteiger partial charge in [0.05, 0.1) is 25.2 Å². The zero-order valence-electron chi connectivity index (χ0n) is 9.81. The fraction of sp³-hybridized carbons (Fsp3) is 0.545. The number of rotatable bonds is 7. The van der Waals surface area contributed by atoms with E-state index < -0.39 is 6.10 Å². The van der Waals surface area contributed by atoms with Crippen LogP contribution in [0, 0.1) is 0 Å². The average molecular weight is 242 g/mol. The minimum Gasteiger partial charge on any atom is -0.472 e. The smallest absolute Gasteiger partial charge is 0.314 e. The number of aliphatic hydroxyl groups is 1. The molecule has 1 heterocycles. The van der Waals surface area contributed by atoms with Crippen LogP contribution in [0.4, 0.5) is 4.79 Å². The first kappa shape index (κ1) is 13.5. The Balaban J connectivity index is 2.09. The van der Waals surface area contributed by atoms with Gasteiger partial charge in [-0.15, -0.1) is 0 Å². The van der Waals surface area contributed by atoms with E-state index in [0.717, 1.165) is 0 Å². The van der Waals surface area contributed by atoms with Crippen molar-refractivity contribution < 1.29 is 19.1 Å². The predicted octanol–water partition coefficient (Wildman–Crippen LogP) is 0.649. The first-order valence-electron chi connectivity index (χ1n) is 5.45. The van der Waals surface area contributed by atoms with Crippen molar-refractivity contribution in [3.05, 3.63) is 24.2 Å². The zero-order chi connectivity index (χ0) is 12.5. The minimum absolute atomic E-state index is 0.263. The molecule has 0 aliphatic carbocycles. The third-order valence-corrected chi connectivity index (χ3v) is 2.22. The van der Waals surface area contributed by atoms with Crippen LogP contribution in [-0.2, 0) is 4.74 Å². The number of carbonyl (C=O) groups is 1. The molecule has 0 fully saturated rings. The molecule has 1 aromatic rings. The monoisotopic (exact) mass is 242 g/mol. The maximum atomic E-state index is 11.2. The number of amides is 2. The van der Waals surface area contributed by atoms with Crippen molar-refractivity contribution in [1.29, 1.82) is 0 Å². The van der Waals surface area contributed by atoms with Crippen LogP contribution < -0.4 is 10.6 Å². The molecular weight excluding hydrogens is 224 g/mol. The van der Waals surface area contributed by atoms with Crippen LogP contribution in [0.15, 0.2) is 23.0 Å². The summed E-state index contributed by atoms with van der Waals surface area (Å²) in [5.41, 5.74) is 0.714. The third kappa shape index (κ3) is 5.37. The highest BCUT2D eigenvalue weighted by Gasteiger charge is 2.08. The molecule has 0 saturated heterocycles. The molecule has 1 unspecified atom stereocenters. The molecule has 0 aromatic carbocycles. The summed E-state index contributed by atoms with van der Waals surface area (Å²) < 4.78 is 9.65. The lowest BCUT2D eigenvalue weighted by Gasteiger charge is -2.10. The van der Waals surface area contributed by atoms with Crippen LogP contribution in [0.25, 0.3) is 0 Å². The van der Waals surface area contributed by atoms with Crippen molar-refractivity contribution in [3.63, 3.8) is 0 Å². The maximum Gasteiger partial charge on any atom is 0.314 e. The summed E-state index contributed by atoms with van der Waals surface area (Å²) in [6, 6.07) is 1.44. The summed E-state index contributed by atoms with van der Waals surface area (Å²) >= 11 is 0. The van der Waals surface area contributed by atoms with Gasteiger partial charge in [0.1, 0.15) is 0 Å². The van der Waals surface area contributed by atoms with Gasteiger partial charge in [0.25, 0.3) is 0 Å². The number of ether oxygens (including phenoxy) is 1. The Kier molecular flexibility index (Phi) is 6.13. The van der Waals surface area contributed by atoms with E-state index in [0.29, 0.717) is 31.7 Å². The average Bonchev–Trinajstić information content (AvgIpc) is 2.82. The first-order chi connectivity index (χ1) is 8.24. The number of nitrogens with one attached hydrogen (secondary N) is 2. The number of hydrogen-bond donors (Lipinski definition) is 3. The van der Waals surface area contributed by atoms with Gasteiger partial charge in [0.15, 0.2) is 0 Å². The van der Waals surface area contributed by atoms with Crippen molar-refractivity contribution in [1.82, 2.24) is 10.6 Å². The Morgan fingerprint density at radius 2 is 2.29 bits per heavy atom. The van der Waals surface area contributed by atoms with E-state index in [1.165, 1.54) is 12.5 Å². The number of carbonyl (C=O) groups excluding carboxylic acids is 1. The van der Waals surface area contributed by atoms with E-state index in [1.54, 1.807) is 13.2 Å². The zero-order valence-corrected chi connectivity index (χ0v) is 9.81. The number of aliphatic hydroxyl groups excluding tert-OH is 1. The Labute approximate surface area is 99.9 Å². The topological polar surface area (TPSA) is 83.7 Å². The van der Waals surface area contributed by atoms with Gasteiger partial charge >= 0.3 is 6.03 Å². The van der Waals surface area contributed by atoms with E-state index in [2.05, 4.69) is 10.6 Å². The highest BCUT2D eigenvalue weighted by molar-refractivity contribution is 5.73. The van der Waals surface area contributed by atoms with E-state index in [1.807, 2.05) is 0 Å². The van der Waals surface area contributed by atoms with Gasteiger partial charge in [-0.25, -0.2) is 4.79 Å². The molecule has 0 spiro atoms. The van der Waals surface area contributed by atoms with E-state index >= 15 is 0 Å². The van der Waals surface area contributed by atoms with Gasteiger partial charge in [-0.1, -0.05) is 0 Å². The molecular formula is C11H18N2O4. The SMILES string of the molecule is COCCNC(=O)NCCC(O)c1ccoc1.